The first-order valence-electron chi connectivity index (χ1n) is 15.5. The van der Waals surface area contributed by atoms with Crippen molar-refractivity contribution < 1.29 is 46.7 Å². The van der Waals surface area contributed by atoms with Crippen molar-refractivity contribution in [1.29, 1.82) is 0 Å². The lowest BCUT2D eigenvalue weighted by Gasteiger charge is -2.36. The van der Waals surface area contributed by atoms with E-state index >= 15 is 0 Å². The van der Waals surface area contributed by atoms with Gasteiger partial charge in [0.1, 0.15) is 40.2 Å². The third kappa shape index (κ3) is 8.78. The molecule has 1 saturated heterocycles. The molecular formula is C35H32F4N4O8. The monoisotopic (exact) mass is 712 g/mol. The lowest BCUT2D eigenvalue weighted by molar-refractivity contribution is -0.274. The van der Waals surface area contributed by atoms with Gasteiger partial charge >= 0.3 is 17.7 Å². The number of nitrogens with zero attached hydrogens (tertiary/aromatic N) is 2. The molecule has 51 heavy (non-hydrogen) atoms. The fraction of sp³-hybridized carbons (Fsp3) is 0.257. The predicted molar refractivity (Wildman–Crippen MR) is 177 cm³/mol. The Morgan fingerprint density at radius 3 is 1.67 bits per heavy atom. The molecule has 0 spiro atoms. The molecule has 3 heterocycles. The Labute approximate surface area is 286 Å². The lowest BCUT2D eigenvalue weighted by atomic mass is 10.0. The summed E-state index contributed by atoms with van der Waals surface area (Å²) in [6, 6.07) is 20.7. The van der Waals surface area contributed by atoms with E-state index in [0.717, 1.165) is 12.1 Å². The molecule has 0 bridgehead atoms. The number of benzene rings is 4. The van der Waals surface area contributed by atoms with Gasteiger partial charge in [-0.25, -0.2) is 14.0 Å². The van der Waals surface area contributed by atoms with Crippen molar-refractivity contribution in [2.75, 3.05) is 13.2 Å². The third-order valence-electron chi connectivity index (χ3n) is 7.57. The highest BCUT2D eigenvalue weighted by atomic mass is 19.4. The highest BCUT2D eigenvalue weighted by molar-refractivity contribution is 5.78. The maximum Gasteiger partial charge on any atom is 0.573 e. The van der Waals surface area contributed by atoms with Crippen molar-refractivity contribution in [2.24, 2.45) is 0 Å². The van der Waals surface area contributed by atoms with Crippen LogP contribution < -0.4 is 25.6 Å². The summed E-state index contributed by atoms with van der Waals surface area (Å²) < 4.78 is 72.6. The second-order valence-corrected chi connectivity index (χ2v) is 12.6. The third-order valence-corrected chi connectivity index (χ3v) is 7.57. The average molecular weight is 713 g/mol. The van der Waals surface area contributed by atoms with Gasteiger partial charge < -0.3 is 39.1 Å². The number of ether oxygens (including phenoxy) is 4. The number of hydrogen-bond acceptors (Lipinski definition) is 8. The van der Waals surface area contributed by atoms with E-state index in [2.05, 4.69) is 14.7 Å². The number of rotatable bonds is 9. The minimum absolute atomic E-state index is 0.0682. The van der Waals surface area contributed by atoms with Crippen LogP contribution in [0.25, 0.3) is 22.1 Å². The largest absolute Gasteiger partial charge is 0.573 e. The molecule has 0 radical (unpaired) electrons. The van der Waals surface area contributed by atoms with Crippen molar-refractivity contribution in [3.63, 3.8) is 0 Å². The minimum atomic E-state index is -4.76. The fourth-order valence-electron chi connectivity index (χ4n) is 5.30. The molecule has 7 rings (SSSR count). The van der Waals surface area contributed by atoms with Gasteiger partial charge in [0.05, 0.1) is 54.0 Å². The lowest BCUT2D eigenvalue weighted by Crippen LogP contribution is -2.53. The zero-order chi connectivity index (χ0) is 36.6. The molecule has 0 amide bonds. The van der Waals surface area contributed by atoms with Crippen molar-refractivity contribution in [2.45, 2.75) is 44.5 Å². The first-order valence-corrected chi connectivity index (χ1v) is 15.5. The molecule has 1 aliphatic heterocycles. The van der Waals surface area contributed by atoms with E-state index < -0.39 is 17.6 Å². The number of imidazole rings is 2. The van der Waals surface area contributed by atoms with Gasteiger partial charge in [0, 0.05) is 12.1 Å². The van der Waals surface area contributed by atoms with Crippen molar-refractivity contribution >= 4 is 22.1 Å². The van der Waals surface area contributed by atoms with Crippen LogP contribution in [0.5, 0.6) is 28.7 Å². The maximum atomic E-state index is 12.9. The summed E-state index contributed by atoms with van der Waals surface area (Å²) in [5.74, 6) is 0.999. The second-order valence-electron chi connectivity index (χ2n) is 12.6. The second kappa shape index (κ2) is 13.6. The molecule has 4 N–H and O–H groups in total. The van der Waals surface area contributed by atoms with Crippen LogP contribution in [0.4, 0.5) is 17.6 Å². The Kier molecular flexibility index (Phi) is 9.41. The van der Waals surface area contributed by atoms with E-state index in [1.54, 1.807) is 50.2 Å². The highest BCUT2D eigenvalue weighted by Gasteiger charge is 2.37. The molecule has 16 heteroatoms. The zero-order valence-electron chi connectivity index (χ0n) is 27.2. The van der Waals surface area contributed by atoms with Gasteiger partial charge in [-0.2, -0.15) is 0 Å². The van der Waals surface area contributed by atoms with Gasteiger partial charge in [-0.1, -0.05) is 0 Å². The Hall–Kier alpha value is -5.58. The van der Waals surface area contributed by atoms with E-state index in [9.17, 15) is 37.4 Å². The van der Waals surface area contributed by atoms with Gasteiger partial charge in [0.15, 0.2) is 0 Å². The first kappa shape index (κ1) is 35.3. The van der Waals surface area contributed by atoms with E-state index in [4.69, 9.17) is 14.2 Å². The van der Waals surface area contributed by atoms with E-state index in [1.165, 1.54) is 45.5 Å². The Morgan fingerprint density at radius 2 is 1.20 bits per heavy atom. The first-order chi connectivity index (χ1) is 24.0. The zero-order valence-corrected chi connectivity index (χ0v) is 27.2. The molecule has 6 aromatic rings. The summed E-state index contributed by atoms with van der Waals surface area (Å²) in [6.07, 6.45) is -4.76. The van der Waals surface area contributed by atoms with Crippen LogP contribution in [-0.4, -0.2) is 60.1 Å². The highest BCUT2D eigenvalue weighted by Crippen LogP contribution is 2.30. The Balaban J connectivity index is 0.000000179. The molecule has 0 unspecified atom stereocenters. The maximum absolute atomic E-state index is 12.9. The van der Waals surface area contributed by atoms with Gasteiger partial charge in [0.25, 0.3) is 0 Å². The van der Waals surface area contributed by atoms with Gasteiger partial charge in [0.2, 0.25) is 0 Å². The number of alkyl halides is 3. The van der Waals surface area contributed by atoms with Gasteiger partial charge in [-0.3, -0.25) is 9.13 Å². The summed E-state index contributed by atoms with van der Waals surface area (Å²) in [7, 11) is 0. The number of hydrogen-bond donors (Lipinski definition) is 4. The van der Waals surface area contributed by atoms with Crippen LogP contribution in [0.3, 0.4) is 0 Å². The van der Waals surface area contributed by atoms with Crippen LogP contribution >= 0.6 is 0 Å². The molecule has 12 nitrogen and oxygen atoms in total. The Bertz CT molecular complexity index is 2260. The molecule has 1 fully saturated rings. The SMILES string of the molecule is CC(C)(O)Cn1c(=O)[nH]c2ccc(Oc3ccc(F)cc3)cc21.O=c1[nH]c2ccc(Oc3ccc(OC(F)(F)F)cc3)cc2n1CC1(O)COC1. The average Bonchev–Trinajstić information content (AvgIpc) is 3.51. The summed E-state index contributed by atoms with van der Waals surface area (Å²) in [4.78, 5) is 29.7. The topological polar surface area (TPSA) is 153 Å². The van der Waals surface area contributed by atoms with Gasteiger partial charge in [-0.05, 0) is 86.6 Å². The molecule has 0 aliphatic carbocycles. The van der Waals surface area contributed by atoms with Crippen LogP contribution in [0, 0.1) is 5.82 Å². The number of nitrogens with one attached hydrogen (secondary N) is 2. The number of halogens is 4. The molecular weight excluding hydrogens is 680 g/mol. The summed E-state index contributed by atoms with van der Waals surface area (Å²) in [6.45, 7) is 3.79. The number of H-pyrrole nitrogens is 2. The molecule has 0 saturated carbocycles. The number of aliphatic hydroxyl groups is 2. The predicted octanol–water partition coefficient (Wildman–Crippen LogP) is 5.81. The van der Waals surface area contributed by atoms with E-state index in [-0.39, 0.29) is 49.2 Å². The molecule has 268 valence electrons. The molecule has 2 aromatic heterocycles. The molecule has 1 aliphatic rings. The molecule has 0 atom stereocenters. The van der Waals surface area contributed by atoms with Crippen LogP contribution in [0.2, 0.25) is 0 Å². The summed E-state index contributed by atoms with van der Waals surface area (Å²) in [5.41, 5.74) is -0.392. The molecule has 4 aromatic carbocycles. The quantitative estimate of drug-likeness (QED) is 0.137. The number of aromatic amines is 2. The summed E-state index contributed by atoms with van der Waals surface area (Å²) in [5, 5.41) is 20.2. The van der Waals surface area contributed by atoms with Gasteiger partial charge in [-0.15, -0.1) is 13.2 Å². The van der Waals surface area contributed by atoms with E-state index in [0.29, 0.717) is 45.1 Å². The summed E-state index contributed by atoms with van der Waals surface area (Å²) >= 11 is 0. The van der Waals surface area contributed by atoms with Crippen LogP contribution in [0.1, 0.15) is 13.8 Å². The van der Waals surface area contributed by atoms with E-state index in [1.807, 2.05) is 0 Å². The normalized spacial score (nSPS) is 14.1. The van der Waals surface area contributed by atoms with Crippen molar-refractivity contribution in [3.8, 4) is 28.7 Å². The Morgan fingerprint density at radius 1 is 0.745 bits per heavy atom. The van der Waals surface area contributed by atoms with Crippen LogP contribution in [-0.2, 0) is 17.8 Å². The number of fused-ring (bicyclic) bond motifs is 2. The smallest absolute Gasteiger partial charge is 0.457 e. The van der Waals surface area contributed by atoms with Crippen LogP contribution in [0.15, 0.2) is 94.5 Å². The van der Waals surface area contributed by atoms with Crippen molar-refractivity contribution in [3.05, 3.63) is 112 Å². The standard InChI is InChI=1S/C18H15F3N2O5.C17H17FN2O3/c19-18(20,21)28-12-3-1-11(2-4-12)27-13-5-6-14-15(7-13)23(16(24)22-14)8-17(25)9-26-10-17;1-17(2,22)10-20-15-9-13(7-8-14(15)19-16(20)21)23-12-5-3-11(18)4-6-12/h1-7,25H,8-10H2,(H,22,24);3-9,22H,10H2,1-2H3,(H,19,21). The number of aromatic nitrogens is 4. The fourth-order valence-corrected chi connectivity index (χ4v) is 5.30. The van der Waals surface area contributed by atoms with Crippen molar-refractivity contribution in [1.82, 2.24) is 19.1 Å². The minimum Gasteiger partial charge on any atom is -0.457 e.